The Labute approximate surface area is 195 Å². The van der Waals surface area contributed by atoms with E-state index >= 15 is 0 Å². The molecule has 1 amide bonds. The predicted molar refractivity (Wildman–Crippen MR) is 129 cm³/mol. The summed E-state index contributed by atoms with van der Waals surface area (Å²) in [5.74, 6) is 0.740. The number of ether oxygens (including phenoxy) is 1. The average Bonchev–Trinajstić information content (AvgIpc) is 2.81. The minimum atomic E-state index is 0.0796. The third kappa shape index (κ3) is 5.50. The zero-order valence-corrected chi connectivity index (χ0v) is 19.4. The van der Waals surface area contributed by atoms with Crippen LogP contribution >= 0.6 is 11.6 Å². The van der Waals surface area contributed by atoms with Crippen molar-refractivity contribution in [1.29, 1.82) is 0 Å². The number of piperazine rings is 1. The van der Waals surface area contributed by atoms with E-state index in [9.17, 15) is 4.79 Å². The highest BCUT2D eigenvalue weighted by Crippen LogP contribution is 2.26. The molecule has 1 fully saturated rings. The third-order valence-corrected chi connectivity index (χ3v) is 6.28. The molecule has 1 heterocycles. The van der Waals surface area contributed by atoms with Gasteiger partial charge in [0.2, 0.25) is 0 Å². The number of aryl methyl sites for hydroxylation is 2. The van der Waals surface area contributed by atoms with Crippen LogP contribution in [0.25, 0.3) is 0 Å². The number of amides is 1. The molecule has 3 aromatic carbocycles. The molecule has 4 nitrogen and oxygen atoms in total. The number of halogens is 1. The van der Waals surface area contributed by atoms with E-state index in [0.29, 0.717) is 22.9 Å². The summed E-state index contributed by atoms with van der Waals surface area (Å²) in [6, 6.07) is 21.9. The maximum atomic E-state index is 13.1. The fraction of sp³-hybridized carbons (Fsp3) is 0.296. The van der Waals surface area contributed by atoms with Gasteiger partial charge in [-0.2, -0.15) is 0 Å². The van der Waals surface area contributed by atoms with Crippen LogP contribution in [0, 0.1) is 13.8 Å². The van der Waals surface area contributed by atoms with Gasteiger partial charge in [-0.25, -0.2) is 0 Å². The Bertz CT molecular complexity index is 1090. The SMILES string of the molecule is Cc1ccc(Cl)c(OCc2cccc(C(=O)N3CCN(Cc4ccccc4C)CC3)c2)c1. The van der Waals surface area contributed by atoms with Crippen LogP contribution in [0.1, 0.15) is 32.6 Å². The van der Waals surface area contributed by atoms with Crippen LogP contribution in [-0.2, 0) is 13.2 Å². The number of nitrogens with zero attached hydrogens (tertiary/aromatic N) is 2. The fourth-order valence-corrected chi connectivity index (χ4v) is 4.17. The summed E-state index contributed by atoms with van der Waals surface area (Å²) >= 11 is 6.23. The van der Waals surface area contributed by atoms with Crippen molar-refractivity contribution in [2.75, 3.05) is 26.2 Å². The summed E-state index contributed by atoms with van der Waals surface area (Å²) in [7, 11) is 0. The molecule has 1 aliphatic rings. The molecular formula is C27H29ClN2O2. The summed E-state index contributed by atoms with van der Waals surface area (Å²) < 4.78 is 5.90. The quantitative estimate of drug-likeness (QED) is 0.499. The van der Waals surface area contributed by atoms with Crippen LogP contribution < -0.4 is 4.74 Å². The van der Waals surface area contributed by atoms with Crippen molar-refractivity contribution in [3.8, 4) is 5.75 Å². The number of hydrogen-bond donors (Lipinski definition) is 0. The molecule has 5 heteroatoms. The Morgan fingerprint density at radius 2 is 1.72 bits per heavy atom. The van der Waals surface area contributed by atoms with Gasteiger partial charge < -0.3 is 9.64 Å². The van der Waals surface area contributed by atoms with Crippen molar-refractivity contribution in [1.82, 2.24) is 9.80 Å². The van der Waals surface area contributed by atoms with Crippen molar-refractivity contribution in [2.24, 2.45) is 0 Å². The van der Waals surface area contributed by atoms with Gasteiger partial charge in [0, 0.05) is 38.3 Å². The van der Waals surface area contributed by atoms with Crippen molar-refractivity contribution in [3.05, 3.63) is 99.6 Å². The lowest BCUT2D eigenvalue weighted by Crippen LogP contribution is -2.48. The lowest BCUT2D eigenvalue weighted by atomic mass is 10.1. The summed E-state index contributed by atoms with van der Waals surface area (Å²) in [6.45, 7) is 8.71. The molecule has 3 aromatic rings. The standard InChI is InChI=1S/C27H29ClN2O2/c1-20-10-11-25(28)26(16-20)32-19-22-7-5-9-23(17-22)27(31)30-14-12-29(13-15-30)18-24-8-4-3-6-21(24)2/h3-11,16-17H,12-15,18-19H2,1-2H3. The van der Waals surface area contributed by atoms with Gasteiger partial charge in [-0.1, -0.05) is 54.1 Å². The molecule has 0 N–H and O–H groups in total. The molecule has 1 aliphatic heterocycles. The predicted octanol–water partition coefficient (Wildman–Crippen LogP) is 5.49. The molecule has 166 valence electrons. The topological polar surface area (TPSA) is 32.8 Å². The number of hydrogen-bond acceptors (Lipinski definition) is 3. The van der Waals surface area contributed by atoms with E-state index in [-0.39, 0.29) is 5.91 Å². The van der Waals surface area contributed by atoms with Gasteiger partial charge in [-0.05, 0) is 60.4 Å². The molecule has 0 radical (unpaired) electrons. The van der Waals surface area contributed by atoms with Gasteiger partial charge in [-0.3, -0.25) is 9.69 Å². The van der Waals surface area contributed by atoms with Gasteiger partial charge in [0.1, 0.15) is 12.4 Å². The normalized spacial score (nSPS) is 14.4. The molecule has 0 bridgehead atoms. The van der Waals surface area contributed by atoms with Crippen LogP contribution in [0.15, 0.2) is 66.7 Å². The molecule has 0 aromatic heterocycles. The monoisotopic (exact) mass is 448 g/mol. The molecule has 0 atom stereocenters. The highest BCUT2D eigenvalue weighted by atomic mass is 35.5. The Morgan fingerprint density at radius 3 is 2.50 bits per heavy atom. The minimum Gasteiger partial charge on any atom is -0.487 e. The molecule has 1 saturated heterocycles. The lowest BCUT2D eigenvalue weighted by Gasteiger charge is -2.35. The van der Waals surface area contributed by atoms with Gasteiger partial charge in [-0.15, -0.1) is 0 Å². The second-order valence-electron chi connectivity index (χ2n) is 8.42. The Balaban J connectivity index is 1.34. The van der Waals surface area contributed by atoms with Crippen LogP contribution in [0.2, 0.25) is 5.02 Å². The summed E-state index contributed by atoms with van der Waals surface area (Å²) in [4.78, 5) is 17.5. The van der Waals surface area contributed by atoms with Crippen molar-refractivity contribution < 1.29 is 9.53 Å². The van der Waals surface area contributed by atoms with E-state index in [1.165, 1.54) is 11.1 Å². The first-order valence-corrected chi connectivity index (χ1v) is 11.4. The van der Waals surface area contributed by atoms with Crippen LogP contribution in [0.3, 0.4) is 0 Å². The van der Waals surface area contributed by atoms with Crippen LogP contribution in [0.5, 0.6) is 5.75 Å². The maximum Gasteiger partial charge on any atom is 0.253 e. The zero-order valence-electron chi connectivity index (χ0n) is 18.7. The Morgan fingerprint density at radius 1 is 0.938 bits per heavy atom. The molecular weight excluding hydrogens is 420 g/mol. The van der Waals surface area contributed by atoms with Crippen molar-refractivity contribution >= 4 is 17.5 Å². The van der Waals surface area contributed by atoms with E-state index in [0.717, 1.165) is 43.9 Å². The lowest BCUT2D eigenvalue weighted by molar-refractivity contribution is 0.0628. The Hall–Kier alpha value is -2.82. The summed E-state index contributed by atoms with van der Waals surface area (Å²) in [5.41, 5.74) is 5.42. The molecule has 4 rings (SSSR count). The van der Waals surface area contributed by atoms with Gasteiger partial charge in [0.25, 0.3) is 5.91 Å². The number of carbonyl (C=O) groups is 1. The third-order valence-electron chi connectivity index (χ3n) is 5.97. The van der Waals surface area contributed by atoms with E-state index in [1.807, 2.05) is 54.3 Å². The van der Waals surface area contributed by atoms with Crippen LogP contribution in [0.4, 0.5) is 0 Å². The molecule has 32 heavy (non-hydrogen) atoms. The van der Waals surface area contributed by atoms with Crippen molar-refractivity contribution in [3.63, 3.8) is 0 Å². The summed E-state index contributed by atoms with van der Waals surface area (Å²) in [6.07, 6.45) is 0. The molecule has 0 spiro atoms. The second-order valence-corrected chi connectivity index (χ2v) is 8.82. The first-order chi connectivity index (χ1) is 15.5. The van der Waals surface area contributed by atoms with E-state index in [1.54, 1.807) is 0 Å². The second kappa shape index (κ2) is 10.2. The first-order valence-electron chi connectivity index (χ1n) is 11.0. The molecule has 0 unspecified atom stereocenters. The minimum absolute atomic E-state index is 0.0796. The smallest absolute Gasteiger partial charge is 0.253 e. The van der Waals surface area contributed by atoms with Gasteiger partial charge in [0.15, 0.2) is 0 Å². The number of carbonyl (C=O) groups excluding carboxylic acids is 1. The molecule has 0 aliphatic carbocycles. The van der Waals surface area contributed by atoms with Gasteiger partial charge in [0.05, 0.1) is 5.02 Å². The fourth-order valence-electron chi connectivity index (χ4n) is 4.00. The van der Waals surface area contributed by atoms with E-state index in [4.69, 9.17) is 16.3 Å². The molecule has 0 saturated carbocycles. The maximum absolute atomic E-state index is 13.1. The highest BCUT2D eigenvalue weighted by molar-refractivity contribution is 6.32. The highest BCUT2D eigenvalue weighted by Gasteiger charge is 2.22. The van der Waals surface area contributed by atoms with Crippen LogP contribution in [-0.4, -0.2) is 41.9 Å². The number of rotatable bonds is 6. The average molecular weight is 449 g/mol. The zero-order chi connectivity index (χ0) is 22.5. The largest absolute Gasteiger partial charge is 0.487 e. The Kier molecular flexibility index (Phi) is 7.13. The van der Waals surface area contributed by atoms with Crippen molar-refractivity contribution in [2.45, 2.75) is 27.0 Å². The van der Waals surface area contributed by atoms with E-state index in [2.05, 4.69) is 36.1 Å². The number of benzene rings is 3. The first kappa shape index (κ1) is 22.4. The summed E-state index contributed by atoms with van der Waals surface area (Å²) in [5, 5.41) is 0.589. The van der Waals surface area contributed by atoms with E-state index < -0.39 is 0 Å². The van der Waals surface area contributed by atoms with Gasteiger partial charge >= 0.3 is 0 Å².